The predicted octanol–water partition coefficient (Wildman–Crippen LogP) is 1.80. The number of hydrogen-bond acceptors (Lipinski definition) is 6. The molecule has 0 fully saturated rings. The predicted molar refractivity (Wildman–Crippen MR) is 104 cm³/mol. The van der Waals surface area contributed by atoms with Gasteiger partial charge in [-0.05, 0) is 24.8 Å². The summed E-state index contributed by atoms with van der Waals surface area (Å²) in [4.78, 5) is 10.1. The Morgan fingerprint density at radius 3 is 2.76 bits per heavy atom. The lowest BCUT2D eigenvalue weighted by molar-refractivity contribution is 0.582. The normalized spacial score (nSPS) is 12.3. The molecule has 0 aromatic carbocycles. The third-order valence-electron chi connectivity index (χ3n) is 3.14. The van der Waals surface area contributed by atoms with E-state index < -0.39 is 10.0 Å². The molecule has 138 valence electrons. The molecule has 2 aromatic rings. The molecule has 25 heavy (non-hydrogen) atoms. The Labute approximate surface area is 156 Å². The van der Waals surface area contributed by atoms with E-state index in [1.807, 2.05) is 13.1 Å². The quantitative estimate of drug-likeness (QED) is 0.338. The van der Waals surface area contributed by atoms with Gasteiger partial charge in [0.25, 0.3) is 0 Å². The molecule has 0 spiro atoms. The molecule has 0 bridgehead atoms. The second kappa shape index (κ2) is 9.85. The van der Waals surface area contributed by atoms with Crippen LogP contribution in [0.25, 0.3) is 0 Å². The Bertz CT molecular complexity index is 769. The second-order valence-electron chi connectivity index (χ2n) is 5.03. The number of aryl methyl sites for hydroxylation is 1. The second-order valence-corrected chi connectivity index (χ2v) is 9.17. The van der Waals surface area contributed by atoms with Gasteiger partial charge < -0.3 is 10.6 Å². The number of sulfonamides is 1. The molecule has 3 N–H and O–H groups in total. The SMILES string of the molecule is CCNC(=NCc1ncc(CC)s1)NCCNS(=O)(=O)c1cccs1. The Kier molecular flexibility index (Phi) is 7.82. The van der Waals surface area contributed by atoms with Crippen LogP contribution < -0.4 is 15.4 Å². The zero-order valence-electron chi connectivity index (χ0n) is 14.3. The van der Waals surface area contributed by atoms with Crippen molar-refractivity contribution < 1.29 is 8.42 Å². The largest absolute Gasteiger partial charge is 0.357 e. The molecule has 2 rings (SSSR count). The molecule has 10 heteroatoms. The van der Waals surface area contributed by atoms with Crippen molar-refractivity contribution in [1.82, 2.24) is 20.3 Å². The minimum Gasteiger partial charge on any atom is -0.357 e. The average Bonchev–Trinajstić information content (AvgIpc) is 3.28. The molecule has 0 aliphatic rings. The van der Waals surface area contributed by atoms with E-state index in [9.17, 15) is 8.42 Å². The van der Waals surface area contributed by atoms with Crippen LogP contribution in [-0.2, 0) is 23.0 Å². The van der Waals surface area contributed by atoms with Crippen molar-refractivity contribution in [2.24, 2.45) is 4.99 Å². The van der Waals surface area contributed by atoms with Crippen LogP contribution in [0.4, 0.5) is 0 Å². The van der Waals surface area contributed by atoms with Gasteiger partial charge in [0.1, 0.15) is 9.22 Å². The molecular weight excluding hydrogens is 378 g/mol. The van der Waals surface area contributed by atoms with Crippen LogP contribution in [0.2, 0.25) is 0 Å². The third kappa shape index (κ3) is 6.38. The maximum atomic E-state index is 12.0. The van der Waals surface area contributed by atoms with E-state index in [4.69, 9.17) is 0 Å². The standard InChI is InChI=1S/C15H23N5O2S3/c1-3-12-10-18-13(24-12)11-19-15(16-4-2)17-7-8-20-25(21,22)14-6-5-9-23-14/h5-6,9-10,20H,3-4,7-8,11H2,1-2H3,(H2,16,17,19). The summed E-state index contributed by atoms with van der Waals surface area (Å²) in [5.41, 5.74) is 0. The van der Waals surface area contributed by atoms with Crippen LogP contribution in [0.3, 0.4) is 0 Å². The number of aromatic nitrogens is 1. The highest BCUT2D eigenvalue weighted by atomic mass is 32.2. The smallest absolute Gasteiger partial charge is 0.250 e. The number of thiazole rings is 1. The summed E-state index contributed by atoms with van der Waals surface area (Å²) in [7, 11) is -3.42. The minimum absolute atomic E-state index is 0.280. The van der Waals surface area contributed by atoms with Gasteiger partial charge in [0.05, 0.1) is 6.54 Å². The fourth-order valence-electron chi connectivity index (χ4n) is 1.93. The zero-order chi connectivity index (χ0) is 18.1. The monoisotopic (exact) mass is 401 g/mol. The van der Waals surface area contributed by atoms with Crippen LogP contribution in [-0.4, -0.2) is 39.0 Å². The van der Waals surface area contributed by atoms with Crippen molar-refractivity contribution in [2.45, 2.75) is 31.0 Å². The molecular formula is C15H23N5O2S3. The molecule has 0 saturated carbocycles. The topological polar surface area (TPSA) is 95.5 Å². The number of aliphatic imine (C=N–C) groups is 1. The lowest BCUT2D eigenvalue weighted by Crippen LogP contribution is -2.41. The fraction of sp³-hybridized carbons (Fsp3) is 0.467. The summed E-state index contributed by atoms with van der Waals surface area (Å²) >= 11 is 2.86. The first-order valence-electron chi connectivity index (χ1n) is 8.04. The number of rotatable bonds is 9. The maximum Gasteiger partial charge on any atom is 0.250 e. The molecule has 0 radical (unpaired) electrons. The van der Waals surface area contributed by atoms with Crippen LogP contribution in [0.15, 0.2) is 32.9 Å². The lowest BCUT2D eigenvalue weighted by atomic mass is 10.4. The fourth-order valence-corrected chi connectivity index (χ4v) is 4.78. The molecule has 0 saturated heterocycles. The molecule has 7 nitrogen and oxygen atoms in total. The summed E-state index contributed by atoms with van der Waals surface area (Å²) in [6.45, 7) is 6.03. The van der Waals surface area contributed by atoms with E-state index in [0.29, 0.717) is 23.3 Å². The van der Waals surface area contributed by atoms with E-state index in [1.165, 1.54) is 16.2 Å². The highest BCUT2D eigenvalue weighted by molar-refractivity contribution is 7.91. The van der Waals surface area contributed by atoms with Gasteiger partial charge in [0.15, 0.2) is 5.96 Å². The highest BCUT2D eigenvalue weighted by Crippen LogP contribution is 2.15. The van der Waals surface area contributed by atoms with Crippen LogP contribution in [0, 0.1) is 0 Å². The van der Waals surface area contributed by atoms with Crippen molar-refractivity contribution in [1.29, 1.82) is 0 Å². The van der Waals surface area contributed by atoms with Gasteiger partial charge in [-0.25, -0.2) is 23.1 Å². The Morgan fingerprint density at radius 1 is 1.28 bits per heavy atom. The summed E-state index contributed by atoms with van der Waals surface area (Å²) < 4.78 is 26.9. The van der Waals surface area contributed by atoms with Crippen LogP contribution >= 0.6 is 22.7 Å². The van der Waals surface area contributed by atoms with Crippen molar-refractivity contribution in [3.05, 3.63) is 33.6 Å². The van der Waals surface area contributed by atoms with E-state index in [2.05, 4.69) is 32.3 Å². The number of hydrogen-bond donors (Lipinski definition) is 3. The summed E-state index contributed by atoms with van der Waals surface area (Å²) in [6, 6.07) is 3.31. The van der Waals surface area contributed by atoms with Gasteiger partial charge in [0.2, 0.25) is 10.0 Å². The van der Waals surface area contributed by atoms with Gasteiger partial charge >= 0.3 is 0 Å². The maximum absolute atomic E-state index is 12.0. The van der Waals surface area contributed by atoms with E-state index >= 15 is 0 Å². The summed E-state index contributed by atoms with van der Waals surface area (Å²) in [5, 5.41) is 8.97. The zero-order valence-corrected chi connectivity index (χ0v) is 16.7. The number of nitrogens with one attached hydrogen (secondary N) is 3. The molecule has 0 atom stereocenters. The molecule has 0 aliphatic carbocycles. The molecule has 2 heterocycles. The first-order valence-corrected chi connectivity index (χ1v) is 11.2. The Morgan fingerprint density at radius 2 is 2.12 bits per heavy atom. The van der Waals surface area contributed by atoms with Gasteiger partial charge in [-0.3, -0.25) is 0 Å². The molecule has 0 aliphatic heterocycles. The lowest BCUT2D eigenvalue weighted by Gasteiger charge is -2.11. The molecule has 0 unspecified atom stereocenters. The molecule has 2 aromatic heterocycles. The first-order chi connectivity index (χ1) is 12.0. The van der Waals surface area contributed by atoms with E-state index in [0.717, 1.165) is 18.0 Å². The number of guanidine groups is 1. The van der Waals surface area contributed by atoms with Gasteiger partial charge in [-0.2, -0.15) is 0 Å². The van der Waals surface area contributed by atoms with E-state index in [1.54, 1.807) is 28.8 Å². The summed E-state index contributed by atoms with van der Waals surface area (Å²) in [5.74, 6) is 0.645. The van der Waals surface area contributed by atoms with Gasteiger partial charge in [-0.1, -0.05) is 13.0 Å². The Balaban J connectivity index is 1.81. The van der Waals surface area contributed by atoms with Crippen LogP contribution in [0.1, 0.15) is 23.7 Å². The van der Waals surface area contributed by atoms with Gasteiger partial charge in [0, 0.05) is 30.7 Å². The van der Waals surface area contributed by atoms with Crippen molar-refractivity contribution in [3.63, 3.8) is 0 Å². The number of nitrogens with zero attached hydrogens (tertiary/aromatic N) is 2. The molecule has 0 amide bonds. The van der Waals surface area contributed by atoms with Crippen LogP contribution in [0.5, 0.6) is 0 Å². The third-order valence-corrected chi connectivity index (χ3v) is 7.12. The first kappa shape index (κ1) is 19.8. The van der Waals surface area contributed by atoms with Crippen molar-refractivity contribution >= 4 is 38.7 Å². The van der Waals surface area contributed by atoms with Crippen molar-refractivity contribution in [3.8, 4) is 0 Å². The minimum atomic E-state index is -3.42. The number of thiophene rings is 1. The van der Waals surface area contributed by atoms with E-state index in [-0.39, 0.29) is 6.54 Å². The van der Waals surface area contributed by atoms with Gasteiger partial charge in [-0.15, -0.1) is 22.7 Å². The average molecular weight is 402 g/mol. The Hall–Kier alpha value is -1.49. The highest BCUT2D eigenvalue weighted by Gasteiger charge is 2.13. The summed E-state index contributed by atoms with van der Waals surface area (Å²) in [6.07, 6.45) is 2.86. The van der Waals surface area contributed by atoms with Crippen molar-refractivity contribution in [2.75, 3.05) is 19.6 Å².